The predicted octanol–water partition coefficient (Wildman–Crippen LogP) is 4.66. The standard InChI is InChI=1S/C16H20ClIN4O4/c1-15(2,3)25-13(23)22(14(24)26-16(4,5)6)12-11-20-8-10(18)21(11)9(17)7-19-12/h7-8H,1-6H3. The Labute approximate surface area is 170 Å². The van der Waals surface area contributed by atoms with E-state index in [1.165, 1.54) is 6.20 Å². The van der Waals surface area contributed by atoms with Crippen molar-refractivity contribution in [3.63, 3.8) is 0 Å². The average molecular weight is 495 g/mol. The summed E-state index contributed by atoms with van der Waals surface area (Å²) in [4.78, 5) is 34.5. The van der Waals surface area contributed by atoms with Crippen LogP contribution in [0.25, 0.3) is 5.65 Å². The van der Waals surface area contributed by atoms with Gasteiger partial charge in [0.25, 0.3) is 0 Å². The van der Waals surface area contributed by atoms with E-state index in [2.05, 4.69) is 9.97 Å². The maximum atomic E-state index is 12.7. The van der Waals surface area contributed by atoms with Gasteiger partial charge in [0.1, 0.15) is 20.1 Å². The minimum Gasteiger partial charge on any atom is -0.443 e. The summed E-state index contributed by atoms with van der Waals surface area (Å²) in [5.74, 6) is -0.0270. The van der Waals surface area contributed by atoms with Gasteiger partial charge in [0.2, 0.25) is 0 Å². The minimum atomic E-state index is -0.915. The molecule has 0 saturated heterocycles. The van der Waals surface area contributed by atoms with Crippen molar-refractivity contribution < 1.29 is 19.1 Å². The number of aromatic nitrogens is 3. The number of nitrogens with zero attached hydrogens (tertiary/aromatic N) is 4. The number of hydrogen-bond donors (Lipinski definition) is 0. The van der Waals surface area contributed by atoms with E-state index in [4.69, 9.17) is 21.1 Å². The third kappa shape index (κ3) is 4.76. The van der Waals surface area contributed by atoms with Gasteiger partial charge in [0.15, 0.2) is 11.5 Å². The summed E-state index contributed by atoms with van der Waals surface area (Å²) in [5, 5.41) is 0.291. The summed E-state index contributed by atoms with van der Waals surface area (Å²) in [6, 6.07) is 0. The molecule has 2 amide bonds. The maximum Gasteiger partial charge on any atom is 0.425 e. The van der Waals surface area contributed by atoms with Crippen LogP contribution < -0.4 is 4.90 Å². The molecule has 10 heteroatoms. The van der Waals surface area contributed by atoms with E-state index >= 15 is 0 Å². The molecular formula is C16H20ClIN4O4. The molecule has 2 aromatic heterocycles. The summed E-state index contributed by atoms with van der Waals surface area (Å²) in [7, 11) is 0. The Hall–Kier alpha value is -1.62. The molecular weight excluding hydrogens is 475 g/mol. The number of fused-ring (bicyclic) bond motifs is 1. The summed E-state index contributed by atoms with van der Waals surface area (Å²) in [6.07, 6.45) is 1.05. The summed E-state index contributed by atoms with van der Waals surface area (Å²) in [5.41, 5.74) is -1.40. The molecule has 0 atom stereocenters. The fourth-order valence-electron chi connectivity index (χ4n) is 1.94. The second-order valence-electron chi connectivity index (χ2n) is 7.44. The number of amides is 2. The Bertz CT molecular complexity index is 826. The van der Waals surface area contributed by atoms with Gasteiger partial charge < -0.3 is 9.47 Å². The van der Waals surface area contributed by atoms with Crippen molar-refractivity contribution in [2.75, 3.05) is 4.90 Å². The number of ether oxygens (including phenoxy) is 2. The molecule has 2 aromatic rings. The molecule has 0 fully saturated rings. The first-order valence-electron chi connectivity index (χ1n) is 7.74. The third-order valence-electron chi connectivity index (χ3n) is 2.79. The van der Waals surface area contributed by atoms with Crippen LogP contribution in [0.2, 0.25) is 5.15 Å². The van der Waals surface area contributed by atoms with Gasteiger partial charge in [-0.3, -0.25) is 4.40 Å². The highest BCUT2D eigenvalue weighted by Gasteiger charge is 2.35. The molecule has 2 rings (SSSR count). The number of rotatable bonds is 1. The fraction of sp³-hybridized carbons (Fsp3) is 0.500. The average Bonchev–Trinajstić information content (AvgIpc) is 2.81. The number of halogens is 2. The maximum absolute atomic E-state index is 12.7. The van der Waals surface area contributed by atoms with Gasteiger partial charge in [-0.15, -0.1) is 0 Å². The molecule has 142 valence electrons. The van der Waals surface area contributed by atoms with Gasteiger partial charge in [-0.2, -0.15) is 4.90 Å². The molecule has 0 saturated carbocycles. The topological polar surface area (TPSA) is 86.0 Å². The SMILES string of the molecule is CC(C)(C)OC(=O)N(C(=O)OC(C)(C)C)c1ncc(Cl)n2c(I)cnc12. The van der Waals surface area contributed by atoms with E-state index in [0.29, 0.717) is 8.85 Å². The molecule has 0 unspecified atom stereocenters. The summed E-state index contributed by atoms with van der Waals surface area (Å²) >= 11 is 8.19. The highest BCUT2D eigenvalue weighted by Crippen LogP contribution is 2.27. The van der Waals surface area contributed by atoms with Gasteiger partial charge in [-0.25, -0.2) is 19.6 Å². The van der Waals surface area contributed by atoms with Crippen molar-refractivity contribution in [1.82, 2.24) is 14.4 Å². The lowest BCUT2D eigenvalue weighted by atomic mass is 10.2. The minimum absolute atomic E-state index is 0.0270. The first-order chi connectivity index (χ1) is 11.8. The van der Waals surface area contributed by atoms with Gasteiger partial charge in [0, 0.05) is 0 Å². The molecule has 0 bridgehead atoms. The summed E-state index contributed by atoms with van der Waals surface area (Å²) in [6.45, 7) is 10.2. The van der Waals surface area contributed by atoms with Crippen LogP contribution in [0, 0.1) is 3.70 Å². The Balaban J connectivity index is 2.59. The van der Waals surface area contributed by atoms with E-state index in [9.17, 15) is 9.59 Å². The Kier molecular flexibility index (Phi) is 5.71. The third-order valence-corrected chi connectivity index (χ3v) is 3.82. The van der Waals surface area contributed by atoms with E-state index in [1.54, 1.807) is 52.1 Å². The van der Waals surface area contributed by atoms with Crippen LogP contribution in [0.3, 0.4) is 0 Å². The monoisotopic (exact) mass is 494 g/mol. The molecule has 26 heavy (non-hydrogen) atoms. The van der Waals surface area contributed by atoms with Crippen LogP contribution in [0.15, 0.2) is 12.4 Å². The lowest BCUT2D eigenvalue weighted by Crippen LogP contribution is -2.44. The largest absolute Gasteiger partial charge is 0.443 e. The normalized spacial score (nSPS) is 12.2. The van der Waals surface area contributed by atoms with Crippen molar-refractivity contribution in [2.24, 2.45) is 0 Å². The molecule has 0 aliphatic rings. The molecule has 2 heterocycles. The van der Waals surface area contributed by atoms with Crippen molar-refractivity contribution in [3.05, 3.63) is 21.2 Å². The van der Waals surface area contributed by atoms with Crippen LogP contribution in [0.4, 0.5) is 15.4 Å². The Morgan fingerprint density at radius 2 is 1.54 bits per heavy atom. The van der Waals surface area contributed by atoms with Crippen LogP contribution in [0.5, 0.6) is 0 Å². The van der Waals surface area contributed by atoms with E-state index < -0.39 is 23.4 Å². The second kappa shape index (κ2) is 7.18. The van der Waals surface area contributed by atoms with E-state index in [1.807, 2.05) is 22.6 Å². The smallest absolute Gasteiger partial charge is 0.425 e. The van der Waals surface area contributed by atoms with Crippen LogP contribution in [-0.2, 0) is 9.47 Å². The van der Waals surface area contributed by atoms with E-state index in [-0.39, 0.29) is 11.5 Å². The van der Waals surface area contributed by atoms with Crippen molar-refractivity contribution in [1.29, 1.82) is 0 Å². The lowest BCUT2D eigenvalue weighted by Gasteiger charge is -2.28. The Morgan fingerprint density at radius 3 is 2.00 bits per heavy atom. The van der Waals surface area contributed by atoms with Crippen molar-refractivity contribution >= 4 is 57.8 Å². The predicted molar refractivity (Wildman–Crippen MR) is 106 cm³/mol. The summed E-state index contributed by atoms with van der Waals surface area (Å²) < 4.78 is 13.0. The van der Waals surface area contributed by atoms with Gasteiger partial charge in [0.05, 0.1) is 12.4 Å². The molecule has 0 aliphatic heterocycles. The number of anilines is 1. The highest BCUT2D eigenvalue weighted by atomic mass is 127. The van der Waals surface area contributed by atoms with Gasteiger partial charge in [-0.1, -0.05) is 11.6 Å². The van der Waals surface area contributed by atoms with Crippen LogP contribution >= 0.6 is 34.2 Å². The van der Waals surface area contributed by atoms with Crippen molar-refractivity contribution in [2.45, 2.75) is 52.7 Å². The van der Waals surface area contributed by atoms with Gasteiger partial charge >= 0.3 is 12.2 Å². The number of carbonyl (C=O) groups is 2. The second-order valence-corrected chi connectivity index (χ2v) is 8.93. The van der Waals surface area contributed by atoms with Crippen LogP contribution in [-0.4, -0.2) is 37.8 Å². The zero-order chi connectivity index (χ0) is 19.9. The number of carbonyl (C=O) groups excluding carboxylic acids is 2. The Morgan fingerprint density at radius 1 is 1.04 bits per heavy atom. The molecule has 0 aliphatic carbocycles. The van der Waals surface area contributed by atoms with Crippen LogP contribution in [0.1, 0.15) is 41.5 Å². The quantitative estimate of drug-likeness (QED) is 0.536. The fourth-order valence-corrected chi connectivity index (χ4v) is 2.93. The van der Waals surface area contributed by atoms with Gasteiger partial charge in [-0.05, 0) is 64.1 Å². The number of imide groups is 1. The zero-order valence-electron chi connectivity index (χ0n) is 15.3. The molecule has 0 radical (unpaired) electrons. The molecule has 0 N–H and O–H groups in total. The number of imidazole rings is 1. The van der Waals surface area contributed by atoms with Crippen molar-refractivity contribution in [3.8, 4) is 0 Å². The molecule has 0 spiro atoms. The first-order valence-corrected chi connectivity index (χ1v) is 9.19. The zero-order valence-corrected chi connectivity index (χ0v) is 18.2. The number of hydrogen-bond acceptors (Lipinski definition) is 6. The molecule has 8 nitrogen and oxygen atoms in total. The molecule has 0 aromatic carbocycles. The highest BCUT2D eigenvalue weighted by molar-refractivity contribution is 14.1. The lowest BCUT2D eigenvalue weighted by molar-refractivity contribution is 0.0429. The first kappa shape index (κ1) is 20.7. The van der Waals surface area contributed by atoms with E-state index in [0.717, 1.165) is 4.90 Å².